The molecular weight excluding hydrogens is 174 g/mol. The first-order valence-corrected chi connectivity index (χ1v) is 3.83. The van der Waals surface area contributed by atoms with Crippen LogP contribution in [0.1, 0.15) is 13.3 Å². The summed E-state index contributed by atoms with van der Waals surface area (Å²) in [5.74, 6) is 4.10. The van der Waals surface area contributed by atoms with Crippen molar-refractivity contribution in [3.8, 4) is 0 Å². The number of carbonyl (C=O) groups is 1. The van der Waals surface area contributed by atoms with Gasteiger partial charge in [-0.2, -0.15) is 0 Å². The van der Waals surface area contributed by atoms with Crippen molar-refractivity contribution in [2.24, 2.45) is 11.6 Å². The van der Waals surface area contributed by atoms with Gasteiger partial charge in [-0.3, -0.25) is 5.84 Å². The molecule has 0 aliphatic heterocycles. The van der Waals surface area contributed by atoms with E-state index in [1.807, 2.05) is 0 Å². The van der Waals surface area contributed by atoms with E-state index in [4.69, 9.17) is 21.4 Å². The minimum absolute atomic E-state index is 0.265. The smallest absolute Gasteiger partial charge is 0.332 e. The lowest BCUT2D eigenvalue weighted by Crippen LogP contribution is -2.25. The number of ether oxygens (including phenoxy) is 1. The zero-order valence-electron chi connectivity index (χ0n) is 7.49. The number of carboxylic acids is 1. The maximum atomic E-state index is 10.3. The van der Waals surface area contributed by atoms with Gasteiger partial charge in [-0.25, -0.2) is 4.79 Å². The fourth-order valence-electron chi connectivity index (χ4n) is 0.621. The van der Waals surface area contributed by atoms with Crippen molar-refractivity contribution in [1.29, 1.82) is 0 Å². The Hall–Kier alpha value is -1.27. The highest BCUT2D eigenvalue weighted by Gasteiger charge is 2.10. The van der Waals surface area contributed by atoms with Crippen LogP contribution in [0.2, 0.25) is 0 Å². The highest BCUT2D eigenvalue weighted by atomic mass is 16.5. The standard InChI is InChI=1S/C7H15N3O3/c1-5(7(11)12)13-3-2-6(4-8)10-9/h4-5,10H,2-3,8-9H2,1H3,(H,11,12)/b6-4-. The zero-order valence-corrected chi connectivity index (χ0v) is 7.49. The first kappa shape index (κ1) is 11.7. The summed E-state index contributed by atoms with van der Waals surface area (Å²) < 4.78 is 4.95. The van der Waals surface area contributed by atoms with Gasteiger partial charge in [0, 0.05) is 18.3 Å². The number of aliphatic carboxylic acids is 1. The third-order valence-corrected chi connectivity index (χ3v) is 1.47. The summed E-state index contributed by atoms with van der Waals surface area (Å²) in [5.41, 5.74) is 8.16. The molecule has 0 radical (unpaired) electrons. The minimum atomic E-state index is -0.987. The molecule has 0 fully saturated rings. The van der Waals surface area contributed by atoms with Crippen LogP contribution in [-0.2, 0) is 9.53 Å². The molecule has 76 valence electrons. The second-order valence-electron chi connectivity index (χ2n) is 2.44. The van der Waals surface area contributed by atoms with Crippen LogP contribution in [0.3, 0.4) is 0 Å². The number of rotatable bonds is 6. The average Bonchev–Trinajstić information content (AvgIpc) is 2.12. The molecule has 6 N–H and O–H groups in total. The first-order chi connectivity index (χ1) is 6.11. The Morgan fingerprint density at radius 2 is 2.38 bits per heavy atom. The predicted molar refractivity (Wildman–Crippen MR) is 47.3 cm³/mol. The van der Waals surface area contributed by atoms with Gasteiger partial charge in [0.2, 0.25) is 0 Å². The average molecular weight is 189 g/mol. The lowest BCUT2D eigenvalue weighted by atomic mass is 10.3. The molecule has 0 saturated carbocycles. The van der Waals surface area contributed by atoms with Crippen LogP contribution in [0.25, 0.3) is 0 Å². The number of carboxylic acid groups (broad SMARTS) is 1. The minimum Gasteiger partial charge on any atom is -0.479 e. The first-order valence-electron chi connectivity index (χ1n) is 3.83. The van der Waals surface area contributed by atoms with E-state index in [0.29, 0.717) is 12.1 Å². The van der Waals surface area contributed by atoms with Crippen molar-refractivity contribution in [1.82, 2.24) is 5.43 Å². The van der Waals surface area contributed by atoms with E-state index in [0.717, 1.165) is 0 Å². The van der Waals surface area contributed by atoms with Gasteiger partial charge < -0.3 is 21.0 Å². The fraction of sp³-hybridized carbons (Fsp3) is 0.571. The van der Waals surface area contributed by atoms with E-state index in [2.05, 4.69) is 5.43 Å². The monoisotopic (exact) mass is 189 g/mol. The van der Waals surface area contributed by atoms with E-state index in [1.165, 1.54) is 13.1 Å². The largest absolute Gasteiger partial charge is 0.479 e. The van der Waals surface area contributed by atoms with Crippen molar-refractivity contribution in [3.63, 3.8) is 0 Å². The summed E-state index contributed by atoms with van der Waals surface area (Å²) in [6.07, 6.45) is 0.969. The Balaban J connectivity index is 3.61. The maximum Gasteiger partial charge on any atom is 0.332 e. The summed E-state index contributed by atoms with van der Waals surface area (Å²) >= 11 is 0. The molecule has 0 aromatic carbocycles. The number of hydrogen-bond donors (Lipinski definition) is 4. The molecule has 0 aromatic rings. The molecule has 0 rings (SSSR count). The van der Waals surface area contributed by atoms with E-state index in [9.17, 15) is 4.79 Å². The van der Waals surface area contributed by atoms with Gasteiger partial charge in [0.1, 0.15) is 0 Å². The lowest BCUT2D eigenvalue weighted by Gasteiger charge is -2.09. The molecular formula is C7H15N3O3. The Morgan fingerprint density at radius 3 is 2.77 bits per heavy atom. The molecule has 0 heterocycles. The van der Waals surface area contributed by atoms with Gasteiger partial charge in [-0.15, -0.1) is 0 Å². The number of nitrogens with two attached hydrogens (primary N) is 2. The van der Waals surface area contributed by atoms with E-state index < -0.39 is 12.1 Å². The molecule has 1 unspecified atom stereocenters. The summed E-state index contributed by atoms with van der Waals surface area (Å²) in [7, 11) is 0. The normalized spacial score (nSPS) is 13.8. The Morgan fingerprint density at radius 1 is 1.77 bits per heavy atom. The number of hydrogen-bond acceptors (Lipinski definition) is 5. The van der Waals surface area contributed by atoms with Crippen molar-refractivity contribution in [2.75, 3.05) is 6.61 Å². The Labute approximate surface area is 76.5 Å². The lowest BCUT2D eigenvalue weighted by molar-refractivity contribution is -0.149. The van der Waals surface area contributed by atoms with Crippen molar-refractivity contribution in [3.05, 3.63) is 11.9 Å². The van der Waals surface area contributed by atoms with E-state index >= 15 is 0 Å². The van der Waals surface area contributed by atoms with Gasteiger partial charge in [0.05, 0.1) is 6.61 Å². The second kappa shape index (κ2) is 6.27. The van der Waals surface area contributed by atoms with Crippen LogP contribution >= 0.6 is 0 Å². The van der Waals surface area contributed by atoms with Crippen LogP contribution in [0.4, 0.5) is 0 Å². The van der Waals surface area contributed by atoms with Gasteiger partial charge in [0.25, 0.3) is 0 Å². The van der Waals surface area contributed by atoms with Crippen LogP contribution in [-0.4, -0.2) is 23.8 Å². The van der Waals surface area contributed by atoms with Gasteiger partial charge in [-0.05, 0) is 6.92 Å². The topological polar surface area (TPSA) is 111 Å². The van der Waals surface area contributed by atoms with E-state index in [1.54, 1.807) is 0 Å². The molecule has 6 heteroatoms. The van der Waals surface area contributed by atoms with E-state index in [-0.39, 0.29) is 6.61 Å². The molecule has 1 atom stereocenters. The second-order valence-corrected chi connectivity index (χ2v) is 2.44. The third-order valence-electron chi connectivity index (χ3n) is 1.47. The Bertz CT molecular complexity index is 193. The van der Waals surface area contributed by atoms with Gasteiger partial charge in [-0.1, -0.05) is 0 Å². The van der Waals surface area contributed by atoms with Gasteiger partial charge in [0.15, 0.2) is 6.10 Å². The van der Waals surface area contributed by atoms with Crippen molar-refractivity contribution in [2.45, 2.75) is 19.4 Å². The third kappa shape index (κ3) is 5.05. The van der Waals surface area contributed by atoms with Gasteiger partial charge >= 0.3 is 5.97 Å². The molecule has 0 bridgehead atoms. The SMILES string of the molecule is CC(OCC/C(=C/N)NN)C(=O)O. The quantitative estimate of drug-likeness (QED) is 0.319. The molecule has 6 nitrogen and oxygen atoms in total. The summed E-state index contributed by atoms with van der Waals surface area (Å²) in [4.78, 5) is 10.3. The zero-order chi connectivity index (χ0) is 10.3. The highest BCUT2D eigenvalue weighted by molar-refractivity contribution is 5.71. The van der Waals surface area contributed by atoms with Crippen LogP contribution in [0.5, 0.6) is 0 Å². The van der Waals surface area contributed by atoms with Crippen LogP contribution in [0, 0.1) is 0 Å². The van der Waals surface area contributed by atoms with Crippen molar-refractivity contribution < 1.29 is 14.6 Å². The van der Waals surface area contributed by atoms with Crippen molar-refractivity contribution >= 4 is 5.97 Å². The molecule has 0 saturated heterocycles. The summed E-state index contributed by atoms with van der Waals surface area (Å²) in [6.45, 7) is 1.73. The molecule has 0 amide bonds. The predicted octanol–water partition coefficient (Wildman–Crippen LogP) is -0.870. The summed E-state index contributed by atoms with van der Waals surface area (Å²) in [5, 5.41) is 8.46. The Kier molecular flexibility index (Phi) is 5.66. The van der Waals surface area contributed by atoms with Crippen LogP contribution in [0.15, 0.2) is 11.9 Å². The van der Waals surface area contributed by atoms with Crippen LogP contribution < -0.4 is 17.0 Å². The number of hydrazine groups is 1. The molecule has 0 aromatic heterocycles. The highest BCUT2D eigenvalue weighted by Crippen LogP contribution is 1.97. The fourth-order valence-corrected chi connectivity index (χ4v) is 0.621. The summed E-state index contributed by atoms with van der Waals surface area (Å²) in [6, 6.07) is 0. The number of nitrogens with one attached hydrogen (secondary N) is 1. The molecule has 0 spiro atoms. The molecule has 0 aliphatic carbocycles. The molecule has 13 heavy (non-hydrogen) atoms. The molecule has 0 aliphatic rings. The maximum absolute atomic E-state index is 10.3.